The van der Waals surface area contributed by atoms with Crippen LogP contribution in [0.4, 0.5) is 4.79 Å². The maximum Gasteiger partial charge on any atom is 0.407 e. The second kappa shape index (κ2) is 6.76. The fourth-order valence-electron chi connectivity index (χ4n) is 3.05. The summed E-state index contributed by atoms with van der Waals surface area (Å²) in [6.45, 7) is 8.55. The van der Waals surface area contributed by atoms with Gasteiger partial charge in [0.1, 0.15) is 5.60 Å². The van der Waals surface area contributed by atoms with Gasteiger partial charge in [0, 0.05) is 6.61 Å². The molecule has 0 aromatic carbocycles. The molecule has 2 fully saturated rings. The van der Waals surface area contributed by atoms with Crippen molar-refractivity contribution in [2.45, 2.75) is 64.2 Å². The molecular formula is C15H28N2O3. The van der Waals surface area contributed by atoms with E-state index in [2.05, 4.69) is 10.6 Å². The van der Waals surface area contributed by atoms with E-state index in [1.807, 2.05) is 20.8 Å². The summed E-state index contributed by atoms with van der Waals surface area (Å²) in [7, 11) is 0. The third-order valence-corrected chi connectivity index (χ3v) is 3.92. The van der Waals surface area contributed by atoms with Crippen LogP contribution in [-0.2, 0) is 9.47 Å². The van der Waals surface area contributed by atoms with E-state index in [-0.39, 0.29) is 18.2 Å². The Hall–Kier alpha value is -0.810. The smallest absolute Gasteiger partial charge is 0.407 e. The molecule has 1 amide bonds. The summed E-state index contributed by atoms with van der Waals surface area (Å²) in [5.41, 5.74) is -0.455. The van der Waals surface area contributed by atoms with Gasteiger partial charge >= 0.3 is 6.09 Å². The van der Waals surface area contributed by atoms with Gasteiger partial charge in [-0.15, -0.1) is 0 Å². The van der Waals surface area contributed by atoms with E-state index in [1.165, 1.54) is 0 Å². The van der Waals surface area contributed by atoms with E-state index in [0.29, 0.717) is 5.92 Å². The molecule has 2 aliphatic heterocycles. The summed E-state index contributed by atoms with van der Waals surface area (Å²) in [5, 5.41) is 6.39. The summed E-state index contributed by atoms with van der Waals surface area (Å²) >= 11 is 0. The molecule has 2 rings (SSSR count). The van der Waals surface area contributed by atoms with Gasteiger partial charge in [0.15, 0.2) is 0 Å². The predicted octanol–water partition coefficient (Wildman–Crippen LogP) is 2.06. The minimum absolute atomic E-state index is 0.0849. The van der Waals surface area contributed by atoms with Crippen molar-refractivity contribution in [3.8, 4) is 0 Å². The lowest BCUT2D eigenvalue weighted by atomic mass is 9.85. The average Bonchev–Trinajstić information content (AvgIpc) is 2.38. The van der Waals surface area contributed by atoms with E-state index in [0.717, 1.165) is 45.4 Å². The highest BCUT2D eigenvalue weighted by atomic mass is 16.6. The maximum atomic E-state index is 12.0. The van der Waals surface area contributed by atoms with Crippen LogP contribution in [0.1, 0.15) is 46.5 Å². The summed E-state index contributed by atoms with van der Waals surface area (Å²) in [6.07, 6.45) is 4.04. The van der Waals surface area contributed by atoms with E-state index in [9.17, 15) is 4.79 Å². The number of amides is 1. The van der Waals surface area contributed by atoms with Gasteiger partial charge in [-0.1, -0.05) is 0 Å². The lowest BCUT2D eigenvalue weighted by Gasteiger charge is -2.39. The highest BCUT2D eigenvalue weighted by Crippen LogP contribution is 2.27. The first-order valence-electron chi connectivity index (χ1n) is 7.77. The molecule has 5 nitrogen and oxygen atoms in total. The van der Waals surface area contributed by atoms with Crippen LogP contribution in [0.3, 0.4) is 0 Å². The Morgan fingerprint density at radius 1 is 1.25 bits per heavy atom. The Morgan fingerprint density at radius 2 is 1.95 bits per heavy atom. The Labute approximate surface area is 121 Å². The molecule has 0 aliphatic carbocycles. The molecule has 5 heteroatoms. The number of alkyl carbamates (subject to hydrolysis) is 1. The molecule has 0 saturated carbocycles. The van der Waals surface area contributed by atoms with Gasteiger partial charge in [0.05, 0.1) is 12.1 Å². The van der Waals surface area contributed by atoms with E-state index >= 15 is 0 Å². The highest BCUT2D eigenvalue weighted by Gasteiger charge is 2.35. The van der Waals surface area contributed by atoms with Crippen molar-refractivity contribution in [3.05, 3.63) is 0 Å². The summed E-state index contributed by atoms with van der Waals surface area (Å²) in [6, 6.07) is 0.0849. The molecule has 116 valence electrons. The van der Waals surface area contributed by atoms with Crippen LogP contribution >= 0.6 is 0 Å². The molecule has 0 radical (unpaired) electrons. The molecule has 0 unspecified atom stereocenters. The zero-order valence-electron chi connectivity index (χ0n) is 12.9. The topological polar surface area (TPSA) is 59.6 Å². The van der Waals surface area contributed by atoms with Gasteiger partial charge in [-0.2, -0.15) is 0 Å². The van der Waals surface area contributed by atoms with Crippen LogP contribution in [0.2, 0.25) is 0 Å². The maximum absolute atomic E-state index is 12.0. The van der Waals surface area contributed by atoms with E-state index in [1.54, 1.807) is 0 Å². The SMILES string of the molecule is CC(C)(C)OC(=O)N[C@@H]1CCCO[C@@H]1C1CCNCC1. The zero-order valence-corrected chi connectivity index (χ0v) is 12.9. The Balaban J connectivity index is 1.91. The number of carbonyl (C=O) groups is 1. The van der Waals surface area contributed by atoms with Crippen molar-refractivity contribution < 1.29 is 14.3 Å². The van der Waals surface area contributed by atoms with Gasteiger partial charge in [0.2, 0.25) is 0 Å². The summed E-state index contributed by atoms with van der Waals surface area (Å²) in [5.74, 6) is 0.538. The van der Waals surface area contributed by atoms with Crippen molar-refractivity contribution in [2.75, 3.05) is 19.7 Å². The molecule has 2 N–H and O–H groups in total. The second-order valence-corrected chi connectivity index (χ2v) is 6.82. The van der Waals surface area contributed by atoms with Gasteiger partial charge in [0.25, 0.3) is 0 Å². The first-order valence-corrected chi connectivity index (χ1v) is 7.77. The van der Waals surface area contributed by atoms with Crippen molar-refractivity contribution >= 4 is 6.09 Å². The number of rotatable bonds is 2. The second-order valence-electron chi connectivity index (χ2n) is 6.82. The van der Waals surface area contributed by atoms with Gasteiger partial charge in [-0.25, -0.2) is 4.79 Å². The van der Waals surface area contributed by atoms with Crippen LogP contribution in [0.15, 0.2) is 0 Å². The summed E-state index contributed by atoms with van der Waals surface area (Å²) in [4.78, 5) is 12.0. The number of hydrogen-bond acceptors (Lipinski definition) is 4. The van der Waals surface area contributed by atoms with Crippen LogP contribution in [0.25, 0.3) is 0 Å². The molecule has 20 heavy (non-hydrogen) atoms. The number of piperidine rings is 1. The lowest BCUT2D eigenvalue weighted by Crippen LogP contribution is -2.52. The van der Waals surface area contributed by atoms with Crippen LogP contribution in [0, 0.1) is 5.92 Å². The molecule has 0 spiro atoms. The van der Waals surface area contributed by atoms with Gasteiger partial charge in [-0.3, -0.25) is 0 Å². The third kappa shape index (κ3) is 4.63. The van der Waals surface area contributed by atoms with Crippen molar-refractivity contribution in [3.63, 3.8) is 0 Å². The Morgan fingerprint density at radius 3 is 2.60 bits per heavy atom. The largest absolute Gasteiger partial charge is 0.444 e. The molecule has 0 aromatic rings. The fourth-order valence-corrected chi connectivity index (χ4v) is 3.05. The highest BCUT2D eigenvalue weighted by molar-refractivity contribution is 5.68. The third-order valence-electron chi connectivity index (χ3n) is 3.92. The van der Waals surface area contributed by atoms with Gasteiger partial charge in [-0.05, 0) is 65.5 Å². The van der Waals surface area contributed by atoms with Crippen molar-refractivity contribution in [2.24, 2.45) is 5.92 Å². The molecule has 2 aliphatic rings. The van der Waals surface area contributed by atoms with Crippen molar-refractivity contribution in [1.82, 2.24) is 10.6 Å². The Kier molecular flexibility index (Phi) is 5.27. The normalized spacial score (nSPS) is 28.9. The molecular weight excluding hydrogens is 256 g/mol. The fraction of sp³-hybridized carbons (Fsp3) is 0.933. The molecule has 0 aromatic heterocycles. The number of carbonyl (C=O) groups excluding carboxylic acids is 1. The predicted molar refractivity (Wildman–Crippen MR) is 77.7 cm³/mol. The van der Waals surface area contributed by atoms with Crippen LogP contribution < -0.4 is 10.6 Å². The summed E-state index contributed by atoms with van der Waals surface area (Å²) < 4.78 is 11.3. The monoisotopic (exact) mass is 284 g/mol. The molecule has 2 heterocycles. The number of nitrogens with one attached hydrogen (secondary N) is 2. The standard InChI is InChI=1S/C15H28N2O3/c1-15(2,3)20-14(18)17-12-5-4-10-19-13(12)11-6-8-16-9-7-11/h11-13,16H,4-10H2,1-3H3,(H,17,18)/t12-,13-/m1/s1. The molecule has 2 atom stereocenters. The van der Waals surface area contributed by atoms with Gasteiger partial charge < -0.3 is 20.1 Å². The molecule has 0 bridgehead atoms. The van der Waals surface area contributed by atoms with E-state index < -0.39 is 5.60 Å². The average molecular weight is 284 g/mol. The lowest BCUT2D eigenvalue weighted by molar-refractivity contribution is -0.0523. The minimum Gasteiger partial charge on any atom is -0.444 e. The van der Waals surface area contributed by atoms with Crippen LogP contribution in [0.5, 0.6) is 0 Å². The first-order chi connectivity index (χ1) is 9.46. The first kappa shape index (κ1) is 15.6. The Bertz CT molecular complexity index is 322. The van der Waals surface area contributed by atoms with Crippen LogP contribution in [-0.4, -0.2) is 43.5 Å². The number of hydrogen-bond donors (Lipinski definition) is 2. The van der Waals surface area contributed by atoms with E-state index in [4.69, 9.17) is 9.47 Å². The minimum atomic E-state index is -0.455. The number of ether oxygens (including phenoxy) is 2. The zero-order chi connectivity index (χ0) is 14.6. The quantitative estimate of drug-likeness (QED) is 0.815. The van der Waals surface area contributed by atoms with Crippen molar-refractivity contribution in [1.29, 1.82) is 0 Å². The molecule has 2 saturated heterocycles.